The quantitative estimate of drug-likeness (QED) is 0.896. The van der Waals surface area contributed by atoms with Crippen molar-refractivity contribution in [2.75, 3.05) is 26.2 Å². The van der Waals surface area contributed by atoms with E-state index in [9.17, 15) is 4.79 Å². The highest BCUT2D eigenvalue weighted by atomic mass is 16.2. The first-order valence-corrected chi connectivity index (χ1v) is 8.82. The molecule has 2 aliphatic rings. The topological polar surface area (TPSA) is 48.1 Å². The molecule has 1 atom stereocenters. The van der Waals surface area contributed by atoms with Crippen LogP contribution in [0.4, 0.5) is 0 Å². The number of aryl methyl sites for hydroxylation is 1. The Morgan fingerprint density at radius 1 is 1.30 bits per heavy atom. The maximum Gasteiger partial charge on any atom is 0.270 e. The van der Waals surface area contributed by atoms with Crippen LogP contribution >= 0.6 is 0 Å². The molecule has 1 aromatic carbocycles. The summed E-state index contributed by atoms with van der Waals surface area (Å²) in [6.07, 6.45) is 4.45. The van der Waals surface area contributed by atoms with Gasteiger partial charge in [0.1, 0.15) is 5.69 Å². The number of nitrogens with zero attached hydrogens (tertiary/aromatic N) is 1. The van der Waals surface area contributed by atoms with Crippen molar-refractivity contribution in [1.82, 2.24) is 15.2 Å². The summed E-state index contributed by atoms with van der Waals surface area (Å²) in [4.78, 5) is 18.6. The first-order valence-electron chi connectivity index (χ1n) is 8.82. The predicted molar refractivity (Wildman–Crippen MR) is 92.7 cm³/mol. The molecule has 1 aromatic heterocycles. The minimum atomic E-state index is 0.184. The van der Waals surface area contributed by atoms with Crippen molar-refractivity contribution in [1.29, 1.82) is 0 Å². The third-order valence-corrected chi connectivity index (χ3v) is 5.66. The predicted octanol–water partition coefficient (Wildman–Crippen LogP) is 2.95. The highest BCUT2D eigenvalue weighted by Crippen LogP contribution is 2.36. The fourth-order valence-electron chi connectivity index (χ4n) is 4.43. The fraction of sp³-hybridized carbons (Fsp3) is 0.526. The van der Waals surface area contributed by atoms with E-state index in [0.717, 1.165) is 55.8 Å². The summed E-state index contributed by atoms with van der Waals surface area (Å²) >= 11 is 0. The summed E-state index contributed by atoms with van der Waals surface area (Å²) < 4.78 is 0. The Labute approximate surface area is 137 Å². The first-order chi connectivity index (χ1) is 11.2. The number of piperidine rings is 1. The van der Waals surface area contributed by atoms with Crippen LogP contribution in [0.1, 0.15) is 42.2 Å². The maximum atomic E-state index is 13.2. The lowest BCUT2D eigenvalue weighted by molar-refractivity contribution is 0.0548. The number of fused-ring (bicyclic) bond motifs is 1. The van der Waals surface area contributed by atoms with Crippen molar-refractivity contribution in [3.63, 3.8) is 0 Å². The van der Waals surface area contributed by atoms with E-state index < -0.39 is 0 Å². The van der Waals surface area contributed by atoms with Gasteiger partial charge in [0.15, 0.2) is 0 Å². The van der Waals surface area contributed by atoms with Crippen LogP contribution in [-0.4, -0.2) is 42.0 Å². The number of hydrogen-bond acceptors (Lipinski definition) is 2. The van der Waals surface area contributed by atoms with Gasteiger partial charge in [0.05, 0.1) is 0 Å². The molecule has 4 rings (SSSR count). The highest BCUT2D eigenvalue weighted by molar-refractivity contribution is 6.01. The van der Waals surface area contributed by atoms with E-state index >= 15 is 0 Å². The van der Waals surface area contributed by atoms with Crippen molar-refractivity contribution in [3.05, 3.63) is 35.5 Å². The van der Waals surface area contributed by atoms with E-state index in [0.29, 0.717) is 5.41 Å². The molecular weight excluding hydrogens is 286 g/mol. The van der Waals surface area contributed by atoms with Crippen molar-refractivity contribution >= 4 is 16.8 Å². The van der Waals surface area contributed by atoms with Crippen LogP contribution in [0.5, 0.6) is 0 Å². The molecule has 23 heavy (non-hydrogen) atoms. The Balaban J connectivity index is 1.66. The minimum Gasteiger partial charge on any atom is -0.350 e. The summed E-state index contributed by atoms with van der Waals surface area (Å²) in [6.45, 7) is 6.07. The molecule has 1 spiro atoms. The lowest BCUT2D eigenvalue weighted by Crippen LogP contribution is -2.47. The second-order valence-electron chi connectivity index (χ2n) is 7.13. The van der Waals surface area contributed by atoms with Gasteiger partial charge in [-0.05, 0) is 43.9 Å². The van der Waals surface area contributed by atoms with Gasteiger partial charge in [-0.2, -0.15) is 0 Å². The third-order valence-electron chi connectivity index (χ3n) is 5.66. The average Bonchev–Trinajstić information content (AvgIpc) is 3.18. The van der Waals surface area contributed by atoms with Crippen LogP contribution in [0.15, 0.2) is 24.3 Å². The lowest BCUT2D eigenvalue weighted by Gasteiger charge is -2.40. The van der Waals surface area contributed by atoms with Gasteiger partial charge >= 0.3 is 0 Å². The number of para-hydroxylation sites is 1. The summed E-state index contributed by atoms with van der Waals surface area (Å²) in [5.74, 6) is 0.184. The summed E-state index contributed by atoms with van der Waals surface area (Å²) in [7, 11) is 0. The number of H-pyrrole nitrogens is 1. The van der Waals surface area contributed by atoms with Crippen LogP contribution in [-0.2, 0) is 6.42 Å². The number of amides is 1. The smallest absolute Gasteiger partial charge is 0.270 e. The summed E-state index contributed by atoms with van der Waals surface area (Å²) in [5.41, 5.74) is 3.35. The Morgan fingerprint density at radius 2 is 2.17 bits per heavy atom. The lowest BCUT2D eigenvalue weighted by atomic mass is 9.79. The van der Waals surface area contributed by atoms with Gasteiger partial charge in [-0.15, -0.1) is 0 Å². The van der Waals surface area contributed by atoms with Gasteiger partial charge in [0.2, 0.25) is 0 Å². The Bertz CT molecular complexity index is 727. The molecule has 122 valence electrons. The van der Waals surface area contributed by atoms with E-state index in [4.69, 9.17) is 0 Å². The molecule has 2 fully saturated rings. The number of rotatable bonds is 2. The van der Waals surface area contributed by atoms with E-state index in [1.54, 1.807) is 0 Å². The fourth-order valence-corrected chi connectivity index (χ4v) is 4.43. The Morgan fingerprint density at radius 3 is 2.96 bits per heavy atom. The monoisotopic (exact) mass is 311 g/mol. The largest absolute Gasteiger partial charge is 0.350 e. The average molecular weight is 311 g/mol. The number of aromatic amines is 1. The van der Waals surface area contributed by atoms with Crippen LogP contribution in [0.25, 0.3) is 10.9 Å². The van der Waals surface area contributed by atoms with Crippen LogP contribution in [0.2, 0.25) is 0 Å². The molecule has 4 nitrogen and oxygen atoms in total. The standard InChI is InChI=1S/C19H25N3O/c1-2-14-15-6-3-4-7-16(15)21-17(14)18(23)22-11-5-8-19(13-22)9-10-20-12-19/h3-4,6-7,20-21H,2,5,8-13H2,1H3. The molecule has 2 N–H and O–H groups in total. The van der Waals surface area contributed by atoms with Crippen molar-refractivity contribution in [2.24, 2.45) is 5.41 Å². The Hall–Kier alpha value is -1.81. The maximum absolute atomic E-state index is 13.2. The van der Waals surface area contributed by atoms with E-state index in [1.807, 2.05) is 12.1 Å². The van der Waals surface area contributed by atoms with Crippen molar-refractivity contribution in [3.8, 4) is 0 Å². The molecule has 0 aliphatic carbocycles. The molecule has 4 heteroatoms. The molecule has 1 unspecified atom stereocenters. The molecular formula is C19H25N3O. The summed E-state index contributed by atoms with van der Waals surface area (Å²) in [5, 5.41) is 4.67. The zero-order valence-electron chi connectivity index (χ0n) is 13.8. The molecule has 0 radical (unpaired) electrons. The number of aromatic nitrogens is 1. The number of carbonyl (C=O) groups is 1. The van der Waals surface area contributed by atoms with Gasteiger partial charge in [-0.25, -0.2) is 0 Å². The number of likely N-dealkylation sites (tertiary alicyclic amines) is 1. The van der Waals surface area contributed by atoms with Gasteiger partial charge in [0.25, 0.3) is 5.91 Å². The van der Waals surface area contributed by atoms with Crippen LogP contribution in [0, 0.1) is 5.41 Å². The number of benzene rings is 1. The number of nitrogens with one attached hydrogen (secondary N) is 2. The minimum absolute atomic E-state index is 0.184. The van der Waals surface area contributed by atoms with E-state index in [1.165, 1.54) is 18.2 Å². The molecule has 1 amide bonds. The summed E-state index contributed by atoms with van der Waals surface area (Å²) in [6, 6.07) is 8.24. The normalized spacial score (nSPS) is 24.7. The third kappa shape index (κ3) is 2.45. The first kappa shape index (κ1) is 14.8. The molecule has 3 heterocycles. The number of carbonyl (C=O) groups excluding carboxylic acids is 1. The van der Waals surface area contributed by atoms with E-state index in [2.05, 4.69) is 34.3 Å². The zero-order valence-corrected chi connectivity index (χ0v) is 13.8. The van der Waals surface area contributed by atoms with E-state index in [-0.39, 0.29) is 5.91 Å². The highest BCUT2D eigenvalue weighted by Gasteiger charge is 2.40. The van der Waals surface area contributed by atoms with Crippen molar-refractivity contribution < 1.29 is 4.79 Å². The molecule has 2 aromatic rings. The van der Waals surface area contributed by atoms with Crippen LogP contribution in [0.3, 0.4) is 0 Å². The zero-order chi connectivity index (χ0) is 15.9. The molecule has 0 saturated carbocycles. The van der Waals surface area contributed by atoms with Crippen LogP contribution < -0.4 is 5.32 Å². The van der Waals surface area contributed by atoms with Gasteiger partial charge in [0, 0.05) is 36.0 Å². The molecule has 2 saturated heterocycles. The molecule has 0 bridgehead atoms. The molecule has 2 aliphatic heterocycles. The second-order valence-corrected chi connectivity index (χ2v) is 7.13. The SMILES string of the molecule is CCc1c(C(=O)N2CCCC3(CCNC3)C2)[nH]c2ccccc12. The van der Waals surface area contributed by atoms with Gasteiger partial charge in [-0.1, -0.05) is 25.1 Å². The van der Waals surface area contributed by atoms with Crippen molar-refractivity contribution in [2.45, 2.75) is 32.6 Å². The van der Waals surface area contributed by atoms with Gasteiger partial charge in [-0.3, -0.25) is 4.79 Å². The second kappa shape index (κ2) is 5.68. The number of hydrogen-bond donors (Lipinski definition) is 2. The Kier molecular flexibility index (Phi) is 3.64. The van der Waals surface area contributed by atoms with Gasteiger partial charge < -0.3 is 15.2 Å².